The van der Waals surface area contributed by atoms with Crippen molar-refractivity contribution in [1.82, 2.24) is 4.90 Å². The third kappa shape index (κ3) is 2.24. The molecule has 2 aliphatic heterocycles. The highest BCUT2D eigenvalue weighted by Crippen LogP contribution is 2.84. The number of nitrogens with zero attached hydrogens (tertiary/aromatic N) is 2. The standard InChI is InChI=1S/C25H31FN2O.H2/c1-16(29)28-15-24(19-12-18(26)4-5-20(19)28)8-10-27(11-9-24)14-17-6-7-25-13-21(25)23(2,3)22(17)25;/h4-6,12,21-22H,7-11,13-15H2,1-3H3;1H/t21?,22-,25?;/m0./s1. The number of amides is 1. The Hall–Kier alpha value is -1.68. The minimum absolute atomic E-state index is 0. The van der Waals surface area contributed by atoms with Gasteiger partial charge in [-0.3, -0.25) is 9.69 Å². The number of hydrogen-bond donors (Lipinski definition) is 0. The molecule has 0 aromatic heterocycles. The lowest BCUT2D eigenvalue weighted by molar-refractivity contribution is -0.116. The van der Waals surface area contributed by atoms with Gasteiger partial charge >= 0.3 is 0 Å². The molecule has 3 nitrogen and oxygen atoms in total. The molecule has 5 aliphatic rings. The first-order chi connectivity index (χ1) is 13.8. The van der Waals surface area contributed by atoms with Gasteiger partial charge in [0.15, 0.2) is 0 Å². The van der Waals surface area contributed by atoms with Crippen molar-refractivity contribution in [3.05, 3.63) is 41.2 Å². The van der Waals surface area contributed by atoms with E-state index < -0.39 is 0 Å². The molecule has 0 N–H and O–H groups in total. The average molecular weight is 397 g/mol. The van der Waals surface area contributed by atoms with E-state index in [1.54, 1.807) is 24.6 Å². The van der Waals surface area contributed by atoms with Gasteiger partial charge in [-0.1, -0.05) is 25.5 Å². The van der Waals surface area contributed by atoms with Crippen molar-refractivity contribution in [3.8, 4) is 0 Å². The topological polar surface area (TPSA) is 23.6 Å². The van der Waals surface area contributed by atoms with Gasteiger partial charge in [0.25, 0.3) is 0 Å². The SMILES string of the molecule is CC(=O)N1CC2(CCN(CC3=CCC45CC4C(C)(C)[C@H]35)CC2)c2cc(F)ccc21.[HH]. The maximum atomic E-state index is 14.1. The van der Waals surface area contributed by atoms with Crippen molar-refractivity contribution >= 4 is 11.6 Å². The second kappa shape index (κ2) is 5.51. The monoisotopic (exact) mass is 396 g/mol. The summed E-state index contributed by atoms with van der Waals surface area (Å²) in [6.07, 6.45) is 7.31. The summed E-state index contributed by atoms with van der Waals surface area (Å²) in [7, 11) is 0. The molecule has 2 spiro atoms. The van der Waals surface area contributed by atoms with Crippen LogP contribution >= 0.6 is 0 Å². The zero-order valence-electron chi connectivity index (χ0n) is 17.8. The van der Waals surface area contributed by atoms with Crippen LogP contribution in [-0.4, -0.2) is 37.0 Å². The zero-order valence-corrected chi connectivity index (χ0v) is 17.8. The number of fused-ring (bicyclic) bond motifs is 2. The van der Waals surface area contributed by atoms with Crippen LogP contribution in [0.25, 0.3) is 0 Å². The van der Waals surface area contributed by atoms with Crippen LogP contribution in [0.2, 0.25) is 0 Å². The first-order valence-corrected chi connectivity index (χ1v) is 11.3. The fourth-order valence-corrected chi connectivity index (χ4v) is 8.02. The molecule has 6 rings (SSSR count). The molecule has 1 amide bonds. The maximum Gasteiger partial charge on any atom is 0.223 e. The molecule has 2 unspecified atom stereocenters. The van der Waals surface area contributed by atoms with Crippen LogP contribution in [0.4, 0.5) is 10.1 Å². The molecule has 2 heterocycles. The Morgan fingerprint density at radius 3 is 2.72 bits per heavy atom. The van der Waals surface area contributed by atoms with Crippen LogP contribution in [0.15, 0.2) is 29.8 Å². The Bertz CT molecular complexity index is 948. The minimum atomic E-state index is -0.191. The lowest BCUT2D eigenvalue weighted by atomic mass is 9.55. The van der Waals surface area contributed by atoms with E-state index in [1.165, 1.54) is 18.9 Å². The van der Waals surface area contributed by atoms with E-state index in [0.717, 1.165) is 55.6 Å². The van der Waals surface area contributed by atoms with Crippen molar-refractivity contribution < 1.29 is 10.6 Å². The first kappa shape index (κ1) is 18.1. The summed E-state index contributed by atoms with van der Waals surface area (Å²) in [5.41, 5.74) is 4.71. The van der Waals surface area contributed by atoms with Gasteiger partial charge in [-0.15, -0.1) is 0 Å². The highest BCUT2D eigenvalue weighted by molar-refractivity contribution is 5.94. The van der Waals surface area contributed by atoms with E-state index in [9.17, 15) is 9.18 Å². The average Bonchev–Trinajstić information content (AvgIpc) is 3.10. The molecular formula is C25H33FN2O. The van der Waals surface area contributed by atoms with Crippen molar-refractivity contribution in [2.24, 2.45) is 22.7 Å². The lowest BCUT2D eigenvalue weighted by Gasteiger charge is -2.50. The lowest BCUT2D eigenvalue weighted by Crippen LogP contribution is -2.49. The van der Waals surface area contributed by atoms with E-state index in [0.29, 0.717) is 17.4 Å². The summed E-state index contributed by atoms with van der Waals surface area (Å²) < 4.78 is 14.1. The quantitative estimate of drug-likeness (QED) is 0.673. The summed E-state index contributed by atoms with van der Waals surface area (Å²) in [5.74, 6) is 1.62. The maximum absolute atomic E-state index is 14.1. The van der Waals surface area contributed by atoms with Gasteiger partial charge in [0.05, 0.1) is 0 Å². The highest BCUT2D eigenvalue weighted by atomic mass is 19.1. The number of likely N-dealkylation sites (tertiary alicyclic amines) is 1. The highest BCUT2D eigenvalue weighted by Gasteiger charge is 2.78. The van der Waals surface area contributed by atoms with Crippen LogP contribution < -0.4 is 4.90 Å². The Morgan fingerprint density at radius 2 is 2.03 bits per heavy atom. The number of benzene rings is 1. The molecule has 3 aliphatic carbocycles. The fourth-order valence-electron chi connectivity index (χ4n) is 8.02. The van der Waals surface area contributed by atoms with E-state index in [-0.39, 0.29) is 18.6 Å². The van der Waals surface area contributed by atoms with E-state index in [1.807, 2.05) is 4.90 Å². The molecular weight excluding hydrogens is 363 g/mol. The van der Waals surface area contributed by atoms with Crippen molar-refractivity contribution in [2.75, 3.05) is 31.1 Å². The number of allylic oxidation sites excluding steroid dienone is 1. The molecule has 0 radical (unpaired) electrons. The number of rotatable bonds is 2. The first-order valence-electron chi connectivity index (χ1n) is 11.3. The van der Waals surface area contributed by atoms with Gasteiger partial charge in [0.1, 0.15) is 5.82 Å². The zero-order chi connectivity index (χ0) is 20.2. The predicted octanol–water partition coefficient (Wildman–Crippen LogP) is 4.76. The smallest absolute Gasteiger partial charge is 0.223 e. The number of anilines is 1. The second-order valence-electron chi connectivity index (χ2n) is 11.1. The normalized spacial score (nSPS) is 35.6. The summed E-state index contributed by atoms with van der Waals surface area (Å²) in [5, 5.41) is 0. The number of piperidine rings is 1. The number of halogens is 1. The molecule has 1 saturated heterocycles. The largest absolute Gasteiger partial charge is 0.311 e. The summed E-state index contributed by atoms with van der Waals surface area (Å²) in [6, 6.07) is 4.96. The third-order valence-electron chi connectivity index (χ3n) is 9.33. The van der Waals surface area contributed by atoms with Gasteiger partial charge in [0, 0.05) is 32.5 Å². The van der Waals surface area contributed by atoms with Gasteiger partial charge in [-0.25, -0.2) is 4.39 Å². The number of carbonyl (C=O) groups is 1. The predicted molar refractivity (Wildman–Crippen MR) is 114 cm³/mol. The molecule has 2 saturated carbocycles. The van der Waals surface area contributed by atoms with Gasteiger partial charge < -0.3 is 4.90 Å². The Morgan fingerprint density at radius 1 is 1.28 bits per heavy atom. The molecule has 1 aromatic carbocycles. The Labute approximate surface area is 174 Å². The molecule has 3 atom stereocenters. The number of carbonyl (C=O) groups excluding carboxylic acids is 1. The molecule has 1 aromatic rings. The van der Waals surface area contributed by atoms with Crippen LogP contribution in [0.3, 0.4) is 0 Å². The van der Waals surface area contributed by atoms with Gasteiger partial charge in [0.2, 0.25) is 5.91 Å². The second-order valence-corrected chi connectivity index (χ2v) is 11.1. The molecule has 0 bridgehead atoms. The van der Waals surface area contributed by atoms with Gasteiger partial charge in [-0.05, 0) is 85.2 Å². The number of hydrogen-bond acceptors (Lipinski definition) is 2. The van der Waals surface area contributed by atoms with Crippen molar-refractivity contribution in [1.29, 1.82) is 0 Å². The van der Waals surface area contributed by atoms with Crippen molar-refractivity contribution in [3.63, 3.8) is 0 Å². The van der Waals surface area contributed by atoms with Crippen molar-refractivity contribution in [2.45, 2.75) is 51.9 Å². The molecule has 156 valence electrons. The summed E-state index contributed by atoms with van der Waals surface area (Å²) in [4.78, 5) is 16.7. The van der Waals surface area contributed by atoms with E-state index in [4.69, 9.17) is 0 Å². The van der Waals surface area contributed by atoms with Crippen LogP contribution in [-0.2, 0) is 10.2 Å². The van der Waals surface area contributed by atoms with E-state index >= 15 is 0 Å². The van der Waals surface area contributed by atoms with Crippen LogP contribution in [0, 0.1) is 28.5 Å². The summed E-state index contributed by atoms with van der Waals surface area (Å²) in [6.45, 7) is 10.4. The summed E-state index contributed by atoms with van der Waals surface area (Å²) >= 11 is 0. The van der Waals surface area contributed by atoms with E-state index in [2.05, 4.69) is 24.8 Å². The van der Waals surface area contributed by atoms with Crippen LogP contribution in [0.5, 0.6) is 0 Å². The molecule has 3 fully saturated rings. The third-order valence-corrected chi connectivity index (χ3v) is 9.33. The fraction of sp³-hybridized carbons (Fsp3) is 0.640. The minimum Gasteiger partial charge on any atom is -0.311 e. The van der Waals surface area contributed by atoms with Crippen LogP contribution in [0.1, 0.15) is 53.4 Å². The Balaban J connectivity index is 0.00000193. The molecule has 29 heavy (non-hydrogen) atoms. The molecule has 4 heteroatoms. The van der Waals surface area contributed by atoms with Gasteiger partial charge in [-0.2, -0.15) is 0 Å². The Kier molecular flexibility index (Phi) is 3.44.